The minimum absolute atomic E-state index is 0.593. The Morgan fingerprint density at radius 1 is 1.35 bits per heavy atom. The lowest BCUT2D eigenvalue weighted by molar-refractivity contribution is 0.365. The van der Waals surface area contributed by atoms with Gasteiger partial charge in [-0.2, -0.15) is 4.98 Å². The fourth-order valence-corrected chi connectivity index (χ4v) is 1.68. The van der Waals surface area contributed by atoms with Gasteiger partial charge in [0.05, 0.1) is 6.54 Å². The molecule has 0 amide bonds. The number of halogens is 1. The van der Waals surface area contributed by atoms with Crippen LogP contribution >= 0.6 is 11.6 Å². The fourth-order valence-electron chi connectivity index (χ4n) is 1.48. The van der Waals surface area contributed by atoms with Crippen molar-refractivity contribution in [1.82, 2.24) is 15.5 Å². The zero-order valence-electron chi connectivity index (χ0n) is 9.61. The van der Waals surface area contributed by atoms with Crippen LogP contribution in [-0.2, 0) is 13.0 Å². The highest BCUT2D eigenvalue weighted by atomic mass is 35.5. The summed E-state index contributed by atoms with van der Waals surface area (Å²) in [6, 6.07) is 7.67. The third kappa shape index (κ3) is 3.28. The summed E-state index contributed by atoms with van der Waals surface area (Å²) >= 11 is 6.07. The van der Waals surface area contributed by atoms with E-state index >= 15 is 0 Å². The van der Waals surface area contributed by atoms with Crippen molar-refractivity contribution in [3.8, 4) is 0 Å². The van der Waals surface area contributed by atoms with Crippen LogP contribution in [-0.4, -0.2) is 16.7 Å². The van der Waals surface area contributed by atoms with Gasteiger partial charge in [0.2, 0.25) is 5.89 Å². The van der Waals surface area contributed by atoms with Gasteiger partial charge in [-0.25, -0.2) is 0 Å². The molecule has 1 heterocycles. The van der Waals surface area contributed by atoms with Crippen molar-refractivity contribution in [2.45, 2.75) is 19.9 Å². The van der Waals surface area contributed by atoms with Crippen LogP contribution in [0.1, 0.15) is 24.2 Å². The fraction of sp³-hybridized carbons (Fsp3) is 0.333. The average Bonchev–Trinajstić information content (AvgIpc) is 2.77. The largest absolute Gasteiger partial charge is 0.338 e. The highest BCUT2D eigenvalue weighted by Gasteiger charge is 2.08. The Labute approximate surface area is 105 Å². The summed E-state index contributed by atoms with van der Waals surface area (Å²) in [6.07, 6.45) is 0.593. The van der Waals surface area contributed by atoms with E-state index < -0.39 is 0 Å². The van der Waals surface area contributed by atoms with Gasteiger partial charge in [-0.15, -0.1) is 0 Å². The number of rotatable bonds is 5. The van der Waals surface area contributed by atoms with Crippen LogP contribution in [0.5, 0.6) is 0 Å². The molecule has 0 fully saturated rings. The number of nitrogens with one attached hydrogen (secondary N) is 1. The maximum absolute atomic E-state index is 6.07. The molecule has 5 heteroatoms. The van der Waals surface area contributed by atoms with Gasteiger partial charge in [0.25, 0.3) is 0 Å². The molecule has 17 heavy (non-hydrogen) atoms. The van der Waals surface area contributed by atoms with Gasteiger partial charge in [0, 0.05) is 11.4 Å². The molecule has 0 aliphatic heterocycles. The minimum Gasteiger partial charge on any atom is -0.338 e. The minimum atomic E-state index is 0.593. The normalized spacial score (nSPS) is 10.7. The van der Waals surface area contributed by atoms with Gasteiger partial charge in [-0.1, -0.05) is 41.9 Å². The Kier molecular flexibility index (Phi) is 4.12. The Morgan fingerprint density at radius 2 is 2.18 bits per heavy atom. The predicted octanol–water partition coefficient (Wildman–Crippen LogP) is 2.42. The van der Waals surface area contributed by atoms with Crippen molar-refractivity contribution in [3.05, 3.63) is 46.6 Å². The van der Waals surface area contributed by atoms with E-state index in [9.17, 15) is 0 Å². The predicted molar refractivity (Wildman–Crippen MR) is 65.9 cm³/mol. The van der Waals surface area contributed by atoms with E-state index in [-0.39, 0.29) is 0 Å². The molecule has 1 aromatic carbocycles. The van der Waals surface area contributed by atoms with E-state index in [1.54, 1.807) is 0 Å². The zero-order chi connectivity index (χ0) is 12.1. The lowest BCUT2D eigenvalue weighted by Crippen LogP contribution is -2.11. The summed E-state index contributed by atoms with van der Waals surface area (Å²) in [5.74, 6) is 1.26. The summed E-state index contributed by atoms with van der Waals surface area (Å²) in [7, 11) is 0. The summed E-state index contributed by atoms with van der Waals surface area (Å²) in [5.41, 5.74) is 1.00. The first-order valence-electron chi connectivity index (χ1n) is 5.55. The molecule has 2 aromatic rings. The number of hydrogen-bond acceptors (Lipinski definition) is 4. The number of nitrogens with zero attached hydrogens (tertiary/aromatic N) is 2. The van der Waals surface area contributed by atoms with E-state index in [2.05, 4.69) is 15.5 Å². The van der Waals surface area contributed by atoms with E-state index in [1.807, 2.05) is 31.2 Å². The highest BCUT2D eigenvalue weighted by Crippen LogP contribution is 2.17. The first-order valence-corrected chi connectivity index (χ1v) is 5.93. The molecule has 0 aliphatic rings. The maximum atomic E-state index is 6.07. The van der Waals surface area contributed by atoms with E-state index in [0.29, 0.717) is 24.7 Å². The maximum Gasteiger partial charge on any atom is 0.240 e. The smallest absolute Gasteiger partial charge is 0.240 e. The van der Waals surface area contributed by atoms with Gasteiger partial charge in [-0.3, -0.25) is 0 Å². The monoisotopic (exact) mass is 251 g/mol. The quantitative estimate of drug-likeness (QED) is 0.887. The molecule has 1 aromatic heterocycles. The van der Waals surface area contributed by atoms with Crippen LogP contribution in [0.15, 0.2) is 28.8 Å². The lowest BCUT2D eigenvalue weighted by atomic mass is 10.1. The van der Waals surface area contributed by atoms with E-state index in [4.69, 9.17) is 16.1 Å². The lowest BCUT2D eigenvalue weighted by Gasteiger charge is -1.98. The van der Waals surface area contributed by atoms with Gasteiger partial charge >= 0.3 is 0 Å². The molecular weight excluding hydrogens is 238 g/mol. The van der Waals surface area contributed by atoms with Crippen LogP contribution in [0, 0.1) is 0 Å². The Morgan fingerprint density at radius 3 is 2.94 bits per heavy atom. The summed E-state index contributed by atoms with van der Waals surface area (Å²) in [4.78, 5) is 4.29. The number of benzene rings is 1. The first kappa shape index (κ1) is 12.1. The van der Waals surface area contributed by atoms with Gasteiger partial charge < -0.3 is 9.84 Å². The van der Waals surface area contributed by atoms with E-state index in [0.717, 1.165) is 17.1 Å². The second kappa shape index (κ2) is 5.80. The average molecular weight is 252 g/mol. The van der Waals surface area contributed by atoms with Crippen LogP contribution in [0.3, 0.4) is 0 Å². The Bertz CT molecular complexity index is 484. The summed E-state index contributed by atoms with van der Waals surface area (Å²) < 4.78 is 5.11. The Hall–Kier alpha value is -1.39. The molecule has 0 radical (unpaired) electrons. The summed E-state index contributed by atoms with van der Waals surface area (Å²) in [5, 5.41) is 7.78. The van der Waals surface area contributed by atoms with Crippen molar-refractivity contribution in [2.24, 2.45) is 0 Å². The van der Waals surface area contributed by atoms with Crippen LogP contribution in [0.4, 0.5) is 0 Å². The zero-order valence-corrected chi connectivity index (χ0v) is 10.4. The SMILES string of the molecule is CCNCc1nc(Cc2ccccc2Cl)no1. The molecule has 90 valence electrons. The van der Waals surface area contributed by atoms with Crippen molar-refractivity contribution in [2.75, 3.05) is 6.54 Å². The Balaban J connectivity index is 2.04. The van der Waals surface area contributed by atoms with Crippen LogP contribution in [0.2, 0.25) is 5.02 Å². The molecule has 4 nitrogen and oxygen atoms in total. The van der Waals surface area contributed by atoms with Crippen LogP contribution in [0.25, 0.3) is 0 Å². The summed E-state index contributed by atoms with van der Waals surface area (Å²) in [6.45, 7) is 3.51. The number of hydrogen-bond donors (Lipinski definition) is 1. The van der Waals surface area contributed by atoms with Crippen molar-refractivity contribution in [1.29, 1.82) is 0 Å². The topological polar surface area (TPSA) is 51.0 Å². The third-order valence-electron chi connectivity index (χ3n) is 2.34. The molecule has 0 saturated heterocycles. The first-order chi connectivity index (χ1) is 8.29. The standard InChI is InChI=1S/C12H14ClN3O/c1-2-14-8-12-15-11(16-17-12)7-9-5-3-4-6-10(9)13/h3-6,14H,2,7-8H2,1H3. The molecule has 0 unspecified atom stereocenters. The molecule has 2 rings (SSSR count). The van der Waals surface area contributed by atoms with Crippen LogP contribution < -0.4 is 5.32 Å². The molecule has 0 saturated carbocycles. The molecule has 1 N–H and O–H groups in total. The van der Waals surface area contributed by atoms with E-state index in [1.165, 1.54) is 0 Å². The molecule has 0 atom stereocenters. The van der Waals surface area contributed by atoms with Crippen molar-refractivity contribution >= 4 is 11.6 Å². The van der Waals surface area contributed by atoms with Gasteiger partial charge in [-0.05, 0) is 18.2 Å². The van der Waals surface area contributed by atoms with Crippen molar-refractivity contribution < 1.29 is 4.52 Å². The third-order valence-corrected chi connectivity index (χ3v) is 2.71. The molecule has 0 bridgehead atoms. The highest BCUT2D eigenvalue weighted by molar-refractivity contribution is 6.31. The second-order valence-corrected chi connectivity index (χ2v) is 4.06. The van der Waals surface area contributed by atoms with Gasteiger partial charge in [0.1, 0.15) is 0 Å². The number of aromatic nitrogens is 2. The van der Waals surface area contributed by atoms with Crippen molar-refractivity contribution in [3.63, 3.8) is 0 Å². The molecule has 0 spiro atoms. The van der Waals surface area contributed by atoms with Gasteiger partial charge in [0.15, 0.2) is 5.82 Å². The molecule has 0 aliphatic carbocycles. The second-order valence-electron chi connectivity index (χ2n) is 3.65. The molecular formula is C12H14ClN3O.